The Balaban J connectivity index is 2.13. The van der Waals surface area contributed by atoms with Gasteiger partial charge >= 0.3 is 17.3 Å². The van der Waals surface area contributed by atoms with Gasteiger partial charge in [0.05, 0.1) is 18.6 Å². The molecule has 1 N–H and O–H groups in total. The molecule has 1 aliphatic rings. The first kappa shape index (κ1) is 15.5. The Morgan fingerprint density at radius 3 is 2.83 bits per heavy atom. The highest BCUT2D eigenvalue weighted by atomic mass is 32.1. The summed E-state index contributed by atoms with van der Waals surface area (Å²) < 4.78 is 10.5. The van der Waals surface area contributed by atoms with Crippen LogP contribution in [-0.2, 0) is 24.6 Å². The van der Waals surface area contributed by atoms with Crippen LogP contribution in [0.25, 0.3) is 0 Å². The van der Waals surface area contributed by atoms with Crippen LogP contribution < -0.4 is 15.4 Å². The fourth-order valence-electron chi connectivity index (χ4n) is 2.66. The summed E-state index contributed by atoms with van der Waals surface area (Å²) in [4.78, 5) is 28.7. The van der Waals surface area contributed by atoms with E-state index < -0.39 is 17.5 Å². The van der Waals surface area contributed by atoms with Gasteiger partial charge in [-0.05, 0) is 36.5 Å². The molecule has 0 unspecified atom stereocenters. The first-order valence-corrected chi connectivity index (χ1v) is 7.91. The van der Waals surface area contributed by atoms with E-state index >= 15 is 0 Å². The predicted molar refractivity (Wildman–Crippen MR) is 79.0 cm³/mol. The lowest BCUT2D eigenvalue weighted by atomic mass is 9.95. The van der Waals surface area contributed by atoms with Crippen molar-refractivity contribution in [3.8, 4) is 0 Å². The zero-order valence-electron chi connectivity index (χ0n) is 12.7. The van der Waals surface area contributed by atoms with Crippen LogP contribution in [0, 0.1) is 0 Å². The van der Waals surface area contributed by atoms with Gasteiger partial charge in [0, 0.05) is 4.88 Å². The fourth-order valence-corrected chi connectivity index (χ4v) is 3.90. The molecule has 2 aromatic heterocycles. The molecule has 1 aliphatic carbocycles. The minimum absolute atomic E-state index is 0.229. The molecule has 9 heteroatoms. The summed E-state index contributed by atoms with van der Waals surface area (Å²) in [6, 6.07) is 0. The van der Waals surface area contributed by atoms with Crippen molar-refractivity contribution in [1.82, 2.24) is 5.27 Å². The summed E-state index contributed by atoms with van der Waals surface area (Å²) in [5.74, 6) is -1.27. The molecule has 0 bridgehead atoms. The van der Waals surface area contributed by atoms with Crippen molar-refractivity contribution in [3.05, 3.63) is 32.1 Å². The molecule has 2 aromatic rings. The van der Waals surface area contributed by atoms with Gasteiger partial charge in [0.25, 0.3) is 0 Å². The van der Waals surface area contributed by atoms with Crippen molar-refractivity contribution >= 4 is 28.2 Å². The number of ether oxygens (including phenoxy) is 1. The molecule has 0 saturated carbocycles. The van der Waals surface area contributed by atoms with Gasteiger partial charge < -0.3 is 9.84 Å². The number of carbonyl (C=O) groups excluding carboxylic acids is 1. The first-order chi connectivity index (χ1) is 11.0. The maximum atomic E-state index is 12.3. The second-order valence-corrected chi connectivity index (χ2v) is 6.27. The van der Waals surface area contributed by atoms with Crippen molar-refractivity contribution in [2.24, 2.45) is 12.0 Å². The number of nitrogens with zero attached hydrogens (tertiary/aromatic N) is 2. The Morgan fingerprint density at radius 1 is 1.43 bits per heavy atom. The maximum Gasteiger partial charge on any atom is 0.435 e. The van der Waals surface area contributed by atoms with Gasteiger partial charge in [-0.3, -0.25) is 4.52 Å². The Hall–Kier alpha value is -2.42. The number of carbonyl (C=O) groups is 1. The summed E-state index contributed by atoms with van der Waals surface area (Å²) in [6.45, 7) is 0. The highest BCUT2D eigenvalue weighted by molar-refractivity contribution is 7.16. The lowest BCUT2D eigenvalue weighted by Gasteiger charge is -2.11. The Labute approximate surface area is 135 Å². The van der Waals surface area contributed by atoms with Gasteiger partial charge in [0.1, 0.15) is 5.00 Å². The van der Waals surface area contributed by atoms with E-state index in [-0.39, 0.29) is 10.7 Å². The van der Waals surface area contributed by atoms with E-state index in [2.05, 4.69) is 14.8 Å². The zero-order chi connectivity index (χ0) is 16.6. The molecule has 122 valence electrons. The third kappa shape index (κ3) is 2.67. The number of aliphatic imine (C=N–C) groups is 1. The Bertz CT molecular complexity index is 845. The molecule has 8 nitrogen and oxygen atoms in total. The van der Waals surface area contributed by atoms with Crippen molar-refractivity contribution in [1.29, 1.82) is 0 Å². The standard InChI is InChI=1S/C14H15N3O5S/c1-17-10(14(20)22-16-17)11(18)15-12-9(13(19)21-2)7-5-3-4-6-8(7)23-12/h3-6H2,1-2H3,(H-,15,16,18,19,20). The number of fused-ring (bicyclic) bond motifs is 1. The van der Waals surface area contributed by atoms with Crippen LogP contribution in [0.4, 0.5) is 5.00 Å². The van der Waals surface area contributed by atoms with E-state index in [0.29, 0.717) is 5.56 Å². The molecule has 0 radical (unpaired) electrons. The van der Waals surface area contributed by atoms with E-state index in [1.54, 1.807) is 0 Å². The van der Waals surface area contributed by atoms with Crippen LogP contribution in [0.15, 0.2) is 14.3 Å². The highest BCUT2D eigenvalue weighted by Gasteiger charge is 2.26. The summed E-state index contributed by atoms with van der Waals surface area (Å²) in [5, 5.41) is 14.8. The fraction of sp³-hybridized carbons (Fsp3) is 0.429. The molecule has 2 heterocycles. The largest absolute Gasteiger partial charge is 0.854 e. The minimum Gasteiger partial charge on any atom is -0.854 e. The van der Waals surface area contributed by atoms with Gasteiger partial charge in [-0.1, -0.05) is 4.68 Å². The maximum absolute atomic E-state index is 12.3. The molecule has 23 heavy (non-hydrogen) atoms. The number of thiophene rings is 1. The Kier molecular flexibility index (Phi) is 4.03. The average Bonchev–Trinajstić information content (AvgIpc) is 3.06. The number of aryl methyl sites for hydroxylation is 2. The Morgan fingerprint density at radius 2 is 2.17 bits per heavy atom. The van der Waals surface area contributed by atoms with Crippen molar-refractivity contribution in [2.45, 2.75) is 25.7 Å². The van der Waals surface area contributed by atoms with Gasteiger partial charge in [0.15, 0.2) is 7.05 Å². The quantitative estimate of drug-likeness (QED) is 0.365. The van der Waals surface area contributed by atoms with Crippen LogP contribution in [0.5, 0.6) is 0 Å². The molecule has 0 aromatic carbocycles. The number of rotatable bonds is 3. The van der Waals surface area contributed by atoms with Crippen LogP contribution >= 0.6 is 11.3 Å². The van der Waals surface area contributed by atoms with E-state index in [0.717, 1.165) is 40.8 Å². The summed E-state index contributed by atoms with van der Waals surface area (Å²) in [5.41, 5.74) is 0.211. The van der Waals surface area contributed by atoms with Crippen LogP contribution in [0.3, 0.4) is 0 Å². The molecule has 0 atom stereocenters. The molecular formula is C14H15N3O5S. The SMILES string of the molecule is COC(=O)c1c(/N=C(\[O-])c2c(=O)o[nH][n+]2C)sc2c1CCCC2. The van der Waals surface area contributed by atoms with Crippen LogP contribution in [0.1, 0.15) is 39.3 Å². The molecule has 0 amide bonds. The normalized spacial score (nSPS) is 14.6. The van der Waals surface area contributed by atoms with Crippen molar-refractivity contribution < 1.29 is 23.8 Å². The third-order valence-electron chi connectivity index (χ3n) is 3.75. The molecule has 0 fully saturated rings. The number of hydrogen-bond acceptors (Lipinski definition) is 7. The molecular weight excluding hydrogens is 322 g/mol. The molecule has 0 saturated heterocycles. The number of esters is 1. The van der Waals surface area contributed by atoms with Crippen LogP contribution in [0.2, 0.25) is 0 Å². The summed E-state index contributed by atoms with van der Waals surface area (Å²) >= 11 is 1.30. The number of hydrogen-bond donors (Lipinski definition) is 1. The van der Waals surface area contributed by atoms with Crippen molar-refractivity contribution in [2.75, 3.05) is 7.11 Å². The van der Waals surface area contributed by atoms with E-state index in [9.17, 15) is 14.7 Å². The van der Waals surface area contributed by atoms with Crippen LogP contribution in [-0.4, -0.2) is 24.2 Å². The summed E-state index contributed by atoms with van der Waals surface area (Å²) in [7, 11) is 2.76. The second kappa shape index (κ2) is 5.99. The number of methoxy groups -OCH3 is 1. The second-order valence-electron chi connectivity index (χ2n) is 5.19. The number of H-pyrrole nitrogens is 1. The highest BCUT2D eigenvalue weighted by Crippen LogP contribution is 2.40. The smallest absolute Gasteiger partial charge is 0.435 e. The molecule has 3 rings (SSSR count). The lowest BCUT2D eigenvalue weighted by Crippen LogP contribution is -2.43. The van der Waals surface area contributed by atoms with Gasteiger partial charge in [-0.2, -0.15) is 0 Å². The summed E-state index contributed by atoms with van der Waals surface area (Å²) in [6.07, 6.45) is 3.64. The van der Waals surface area contributed by atoms with Gasteiger partial charge in [0.2, 0.25) is 0 Å². The topological polar surface area (TPSA) is 112 Å². The van der Waals surface area contributed by atoms with E-state index in [1.807, 2.05) is 0 Å². The minimum atomic E-state index is -0.804. The molecule has 0 aliphatic heterocycles. The first-order valence-electron chi connectivity index (χ1n) is 7.09. The average molecular weight is 337 g/mol. The van der Waals surface area contributed by atoms with E-state index in [4.69, 9.17) is 4.74 Å². The number of aromatic nitrogens is 2. The number of nitrogens with one attached hydrogen (secondary N) is 1. The zero-order valence-corrected chi connectivity index (χ0v) is 13.5. The van der Waals surface area contributed by atoms with Gasteiger partial charge in [-0.15, -0.1) is 11.3 Å². The monoisotopic (exact) mass is 337 g/mol. The number of aromatic amines is 1. The predicted octanol–water partition coefficient (Wildman–Crippen LogP) is -0.0421. The van der Waals surface area contributed by atoms with Crippen molar-refractivity contribution in [3.63, 3.8) is 0 Å². The molecule has 0 spiro atoms. The van der Waals surface area contributed by atoms with E-state index in [1.165, 1.54) is 25.5 Å². The lowest BCUT2D eigenvalue weighted by molar-refractivity contribution is -0.742. The van der Waals surface area contributed by atoms with Gasteiger partial charge in [-0.25, -0.2) is 14.6 Å². The third-order valence-corrected chi connectivity index (χ3v) is 4.94.